The molecule has 9 aromatic rings. The molecule has 0 atom stereocenters. The molecule has 0 aliphatic rings. The van der Waals surface area contributed by atoms with Crippen molar-refractivity contribution >= 4 is 64.7 Å². The number of aliphatic imine (C=N–C) groups is 6. The van der Waals surface area contributed by atoms with Gasteiger partial charge in [0.1, 0.15) is 0 Å². The standard InChI is InChI=1S/C26H36N2.2C14H14N2.C13H12N2.C8H9N/c1-16(2)22-13-10-12-19(7)25(22)27-20(8)21(9)28-26-23(17(3)4)14-11-15-24(26)18(5)6;2*1-11-7-12(2)9-14(8-11)16-10-13-5-3-4-6-15-13;1-11-6-2-3-8-13(11)15-10-12-7-4-5-9-14-12;1-9-7-8-5-3-2-4-6-8/h10-18H,1-9H3;2*3-10H,1-2H3;2-10H,1H3;2-7H,1H3. The van der Waals surface area contributed by atoms with Crippen molar-refractivity contribution in [3.8, 4) is 0 Å². The van der Waals surface area contributed by atoms with Crippen LogP contribution in [0, 0.1) is 41.5 Å². The van der Waals surface area contributed by atoms with E-state index in [0.29, 0.717) is 17.8 Å². The first-order valence-corrected chi connectivity index (χ1v) is 28.8. The molecule has 0 fully saturated rings. The molecule has 0 radical (unpaired) electrons. The molecule has 0 saturated carbocycles. The molecule has 430 valence electrons. The number of nitrogens with zero attached hydrogens (tertiary/aromatic N) is 9. The first kappa shape index (κ1) is 65.6. The molecule has 9 heteroatoms. The molecule has 0 aliphatic carbocycles. The Morgan fingerprint density at radius 3 is 1.14 bits per heavy atom. The molecule has 0 amide bonds. The van der Waals surface area contributed by atoms with Gasteiger partial charge in [0.15, 0.2) is 0 Å². The maximum absolute atomic E-state index is 5.09. The number of para-hydroxylation sites is 3. The van der Waals surface area contributed by atoms with Crippen molar-refractivity contribution in [2.75, 3.05) is 7.05 Å². The molecule has 0 unspecified atom stereocenters. The molecule has 84 heavy (non-hydrogen) atoms. The van der Waals surface area contributed by atoms with Gasteiger partial charge in [-0.25, -0.2) is 0 Å². The summed E-state index contributed by atoms with van der Waals surface area (Å²) < 4.78 is 0. The lowest BCUT2D eigenvalue weighted by Gasteiger charge is -2.17. The predicted octanol–water partition coefficient (Wildman–Crippen LogP) is 20.0. The first-order valence-electron chi connectivity index (χ1n) is 28.8. The van der Waals surface area contributed by atoms with E-state index in [2.05, 4.69) is 198 Å². The first-order chi connectivity index (χ1) is 40.4. The van der Waals surface area contributed by atoms with Gasteiger partial charge < -0.3 is 0 Å². The zero-order chi connectivity index (χ0) is 60.8. The second-order valence-corrected chi connectivity index (χ2v) is 21.5. The second-order valence-electron chi connectivity index (χ2n) is 21.5. The SMILES string of the molecule is CC(=Nc1c(C)cccc1C(C)C)C(C)=Nc1c(C(C)C)cccc1C(C)C.CN=Cc1ccccc1.Cc1cc(C)cc(N=Cc2ccccn2)c1.Cc1cc(C)cc(N=Cc2ccccn2)c1.Cc1ccccc1N=Cc1ccccn1. The Hall–Kier alpha value is -9.21. The highest BCUT2D eigenvalue weighted by molar-refractivity contribution is 6.41. The minimum Gasteiger partial charge on any atom is -0.296 e. The van der Waals surface area contributed by atoms with Gasteiger partial charge in [-0.2, -0.15) is 0 Å². The van der Waals surface area contributed by atoms with E-state index in [1.54, 1.807) is 44.3 Å². The summed E-state index contributed by atoms with van der Waals surface area (Å²) in [5.74, 6) is 1.32. The zero-order valence-corrected chi connectivity index (χ0v) is 52.1. The lowest BCUT2D eigenvalue weighted by molar-refractivity contribution is 0.835. The fourth-order valence-electron chi connectivity index (χ4n) is 8.66. The normalized spacial score (nSPS) is 11.5. The third-order valence-corrected chi connectivity index (χ3v) is 13.0. The molecule has 0 aliphatic heterocycles. The molecular weight excluding hydrogens is 1030 g/mol. The van der Waals surface area contributed by atoms with Gasteiger partial charge in [-0.15, -0.1) is 0 Å². The van der Waals surface area contributed by atoms with Crippen LogP contribution in [0.4, 0.5) is 28.4 Å². The van der Waals surface area contributed by atoms with Crippen LogP contribution in [-0.4, -0.2) is 58.3 Å². The Morgan fingerprint density at radius 1 is 0.369 bits per heavy atom. The fraction of sp³-hybridized carbons (Fsp3) is 0.240. The largest absolute Gasteiger partial charge is 0.296 e. The number of hydrogen-bond acceptors (Lipinski definition) is 9. The molecule has 6 aromatic carbocycles. The highest BCUT2D eigenvalue weighted by atomic mass is 14.8. The Labute approximate surface area is 502 Å². The van der Waals surface area contributed by atoms with Crippen LogP contribution in [-0.2, 0) is 0 Å². The number of aromatic nitrogens is 3. The van der Waals surface area contributed by atoms with Crippen LogP contribution in [0.15, 0.2) is 231 Å². The van der Waals surface area contributed by atoms with Crippen LogP contribution in [0.2, 0.25) is 0 Å². The third-order valence-electron chi connectivity index (χ3n) is 13.0. The van der Waals surface area contributed by atoms with Crippen molar-refractivity contribution in [3.05, 3.63) is 273 Å². The average Bonchev–Trinajstić information content (AvgIpc) is 3.68. The van der Waals surface area contributed by atoms with Crippen molar-refractivity contribution in [2.24, 2.45) is 30.0 Å². The summed E-state index contributed by atoms with van der Waals surface area (Å²) in [6, 6.07) is 60.9. The Balaban J connectivity index is 0.000000201. The second kappa shape index (κ2) is 34.9. The quantitative estimate of drug-likeness (QED) is 0.107. The Morgan fingerprint density at radius 2 is 0.738 bits per heavy atom. The van der Waals surface area contributed by atoms with Gasteiger partial charge in [0.05, 0.1) is 75.6 Å². The molecule has 3 aromatic heterocycles. The van der Waals surface area contributed by atoms with Crippen LogP contribution in [0.1, 0.15) is 146 Å². The molecule has 0 bridgehead atoms. The lowest BCUT2D eigenvalue weighted by atomic mass is 9.93. The monoisotopic (exact) mass is 1110 g/mol. The summed E-state index contributed by atoms with van der Waals surface area (Å²) in [4.78, 5) is 39.7. The molecule has 0 saturated heterocycles. The van der Waals surface area contributed by atoms with E-state index in [4.69, 9.17) is 9.98 Å². The van der Waals surface area contributed by atoms with E-state index in [0.717, 1.165) is 62.5 Å². The number of pyridine rings is 3. The van der Waals surface area contributed by atoms with Gasteiger partial charge in [-0.3, -0.25) is 44.9 Å². The minimum absolute atomic E-state index is 0.436. The van der Waals surface area contributed by atoms with Crippen molar-refractivity contribution in [1.29, 1.82) is 0 Å². The number of rotatable bonds is 13. The van der Waals surface area contributed by atoms with Crippen molar-refractivity contribution in [1.82, 2.24) is 15.0 Å². The van der Waals surface area contributed by atoms with Gasteiger partial charge in [0.2, 0.25) is 0 Å². The van der Waals surface area contributed by atoms with Gasteiger partial charge >= 0.3 is 0 Å². The van der Waals surface area contributed by atoms with E-state index >= 15 is 0 Å². The van der Waals surface area contributed by atoms with E-state index in [1.807, 2.05) is 122 Å². The van der Waals surface area contributed by atoms with E-state index in [-0.39, 0.29) is 0 Å². The lowest BCUT2D eigenvalue weighted by Crippen LogP contribution is -2.07. The maximum atomic E-state index is 5.09. The summed E-state index contributed by atoms with van der Waals surface area (Å²) in [7, 11) is 1.77. The average molecular weight is 1110 g/mol. The topological polar surface area (TPSA) is 113 Å². The zero-order valence-electron chi connectivity index (χ0n) is 52.1. The maximum Gasteiger partial charge on any atom is 0.0812 e. The van der Waals surface area contributed by atoms with Crippen molar-refractivity contribution < 1.29 is 0 Å². The molecule has 0 spiro atoms. The molecular formula is C75H85N9. The molecule has 9 rings (SSSR count). The highest BCUT2D eigenvalue weighted by Crippen LogP contribution is 2.36. The van der Waals surface area contributed by atoms with Crippen LogP contribution in [0.25, 0.3) is 0 Å². The minimum atomic E-state index is 0.436. The van der Waals surface area contributed by atoms with Gasteiger partial charge in [0.25, 0.3) is 0 Å². The fourth-order valence-corrected chi connectivity index (χ4v) is 8.66. The highest BCUT2D eigenvalue weighted by Gasteiger charge is 2.15. The number of benzene rings is 6. The van der Waals surface area contributed by atoms with Crippen LogP contribution in [0.3, 0.4) is 0 Å². The van der Waals surface area contributed by atoms with Gasteiger partial charge in [-0.1, -0.05) is 157 Å². The van der Waals surface area contributed by atoms with Crippen molar-refractivity contribution in [3.63, 3.8) is 0 Å². The summed E-state index contributed by atoms with van der Waals surface area (Å²) in [5.41, 5.74) is 22.1. The van der Waals surface area contributed by atoms with E-state index in [9.17, 15) is 0 Å². The summed E-state index contributed by atoms with van der Waals surface area (Å²) in [6.07, 6.45) is 12.5. The Kier molecular flexibility index (Phi) is 27.3. The van der Waals surface area contributed by atoms with Crippen molar-refractivity contribution in [2.45, 2.75) is 115 Å². The summed E-state index contributed by atoms with van der Waals surface area (Å²) >= 11 is 0. The van der Waals surface area contributed by atoms with Crippen LogP contribution in [0.5, 0.6) is 0 Å². The summed E-state index contributed by atoms with van der Waals surface area (Å²) in [6.45, 7) is 30.0. The van der Waals surface area contributed by atoms with Gasteiger partial charge in [-0.05, 0) is 196 Å². The van der Waals surface area contributed by atoms with Crippen LogP contribution < -0.4 is 0 Å². The number of hydrogen-bond donors (Lipinski definition) is 0. The number of aryl methyl sites for hydroxylation is 6. The Bertz CT molecular complexity index is 3450. The third kappa shape index (κ3) is 23.0. The molecule has 9 nitrogen and oxygen atoms in total. The van der Waals surface area contributed by atoms with Crippen LogP contribution >= 0.6 is 0 Å². The smallest absolute Gasteiger partial charge is 0.0812 e. The van der Waals surface area contributed by atoms with E-state index in [1.165, 1.54) is 50.1 Å². The van der Waals surface area contributed by atoms with E-state index < -0.39 is 0 Å². The molecule has 3 heterocycles. The predicted molar refractivity (Wildman–Crippen MR) is 363 cm³/mol. The summed E-state index contributed by atoms with van der Waals surface area (Å²) in [5, 5.41) is 0. The molecule has 0 N–H and O–H groups in total. The van der Waals surface area contributed by atoms with Gasteiger partial charge in [0, 0.05) is 31.9 Å².